The Morgan fingerprint density at radius 1 is 1.47 bits per heavy atom. The third kappa shape index (κ3) is 3.81. The quantitative estimate of drug-likeness (QED) is 0.758. The first-order valence-corrected chi connectivity index (χ1v) is 5.97. The molecule has 17 heavy (non-hydrogen) atoms. The number of methoxy groups -OCH3 is 1. The Balaban J connectivity index is 2.73. The lowest BCUT2D eigenvalue weighted by Gasteiger charge is -2.27. The van der Waals surface area contributed by atoms with Gasteiger partial charge in [0.25, 0.3) is 0 Å². The zero-order valence-corrected chi connectivity index (χ0v) is 11.5. The number of hydrogen-bond donors (Lipinski definition) is 1. The highest BCUT2D eigenvalue weighted by atomic mass is 32.1. The number of likely N-dealkylation sites (tertiary alicyclic amines) is 1. The molecule has 98 valence electrons. The number of hydrogen-bond acceptors (Lipinski definition) is 4. The molecule has 0 spiro atoms. The largest absolute Gasteiger partial charge is 0.444 e. The Morgan fingerprint density at radius 2 is 2.06 bits per heavy atom. The summed E-state index contributed by atoms with van der Waals surface area (Å²) in [6.45, 7) is 5.94. The number of amides is 1. The SMILES string of the molecule is CO[C@@H]1C[C@@H](C(N)=S)N(C(=O)OC(C)(C)C)C1. The van der Waals surface area contributed by atoms with Crippen molar-refractivity contribution in [2.24, 2.45) is 5.73 Å². The first-order valence-electron chi connectivity index (χ1n) is 5.56. The number of carbonyl (C=O) groups is 1. The fraction of sp³-hybridized carbons (Fsp3) is 0.818. The van der Waals surface area contributed by atoms with Crippen molar-refractivity contribution >= 4 is 23.3 Å². The number of nitrogens with zero attached hydrogens (tertiary/aromatic N) is 1. The number of rotatable bonds is 2. The van der Waals surface area contributed by atoms with Gasteiger partial charge in [-0.3, -0.25) is 4.90 Å². The molecule has 1 aliphatic rings. The summed E-state index contributed by atoms with van der Waals surface area (Å²) in [5.41, 5.74) is 5.11. The summed E-state index contributed by atoms with van der Waals surface area (Å²) < 4.78 is 10.5. The Hall–Kier alpha value is -0.880. The van der Waals surface area contributed by atoms with E-state index in [0.29, 0.717) is 18.0 Å². The van der Waals surface area contributed by atoms with E-state index < -0.39 is 11.7 Å². The first kappa shape index (κ1) is 14.2. The van der Waals surface area contributed by atoms with Gasteiger partial charge in [0.1, 0.15) is 5.60 Å². The second-order valence-electron chi connectivity index (χ2n) is 5.14. The van der Waals surface area contributed by atoms with E-state index in [1.165, 1.54) is 0 Å². The van der Waals surface area contributed by atoms with Crippen LogP contribution in [0.15, 0.2) is 0 Å². The molecule has 1 aliphatic heterocycles. The monoisotopic (exact) mass is 260 g/mol. The van der Waals surface area contributed by atoms with E-state index in [4.69, 9.17) is 27.4 Å². The van der Waals surface area contributed by atoms with Crippen molar-refractivity contribution < 1.29 is 14.3 Å². The molecule has 1 heterocycles. The number of ether oxygens (including phenoxy) is 2. The highest BCUT2D eigenvalue weighted by Crippen LogP contribution is 2.23. The smallest absolute Gasteiger partial charge is 0.410 e. The molecule has 1 rings (SSSR count). The van der Waals surface area contributed by atoms with Gasteiger partial charge in [-0.25, -0.2) is 4.79 Å². The maximum atomic E-state index is 12.0. The lowest BCUT2D eigenvalue weighted by molar-refractivity contribution is 0.0230. The van der Waals surface area contributed by atoms with Gasteiger partial charge < -0.3 is 15.2 Å². The molecule has 0 bridgehead atoms. The lowest BCUT2D eigenvalue weighted by atomic mass is 10.2. The second kappa shape index (κ2) is 5.18. The summed E-state index contributed by atoms with van der Waals surface area (Å²) in [6.07, 6.45) is 0.203. The van der Waals surface area contributed by atoms with Gasteiger partial charge in [-0.1, -0.05) is 12.2 Å². The Morgan fingerprint density at radius 3 is 2.47 bits per heavy atom. The van der Waals surface area contributed by atoms with Gasteiger partial charge in [0.05, 0.1) is 23.7 Å². The summed E-state index contributed by atoms with van der Waals surface area (Å²) in [4.78, 5) is 13.8. The highest BCUT2D eigenvalue weighted by molar-refractivity contribution is 7.80. The number of thiocarbonyl (C=S) groups is 1. The van der Waals surface area contributed by atoms with Crippen molar-refractivity contribution in [1.82, 2.24) is 4.90 Å². The summed E-state index contributed by atoms with van der Waals surface area (Å²) in [5.74, 6) is 0. The van der Waals surface area contributed by atoms with Crippen molar-refractivity contribution in [3.05, 3.63) is 0 Å². The summed E-state index contributed by atoms with van der Waals surface area (Å²) in [7, 11) is 1.61. The van der Waals surface area contributed by atoms with Crippen molar-refractivity contribution in [3.63, 3.8) is 0 Å². The van der Waals surface area contributed by atoms with Gasteiger partial charge in [-0.15, -0.1) is 0 Å². The molecule has 1 amide bonds. The molecule has 2 N–H and O–H groups in total. The van der Waals surface area contributed by atoms with Crippen LogP contribution < -0.4 is 5.73 Å². The van der Waals surface area contributed by atoms with E-state index in [9.17, 15) is 4.79 Å². The predicted octanol–water partition coefficient (Wildman–Crippen LogP) is 1.30. The van der Waals surface area contributed by atoms with Crippen LogP contribution in [0.3, 0.4) is 0 Å². The predicted molar refractivity (Wildman–Crippen MR) is 68.9 cm³/mol. The molecule has 6 heteroatoms. The molecule has 5 nitrogen and oxygen atoms in total. The number of carbonyl (C=O) groups excluding carboxylic acids is 1. The van der Waals surface area contributed by atoms with Crippen molar-refractivity contribution in [2.45, 2.75) is 44.9 Å². The molecule has 2 atom stereocenters. The highest BCUT2D eigenvalue weighted by Gasteiger charge is 2.39. The Kier molecular flexibility index (Phi) is 4.32. The average molecular weight is 260 g/mol. The van der Waals surface area contributed by atoms with Gasteiger partial charge in [0.2, 0.25) is 0 Å². The molecule has 0 aliphatic carbocycles. The maximum Gasteiger partial charge on any atom is 0.410 e. The van der Waals surface area contributed by atoms with Gasteiger partial charge in [0.15, 0.2) is 0 Å². The van der Waals surface area contributed by atoms with Crippen molar-refractivity contribution in [2.75, 3.05) is 13.7 Å². The van der Waals surface area contributed by atoms with E-state index in [1.54, 1.807) is 12.0 Å². The number of nitrogens with two attached hydrogens (primary N) is 1. The topological polar surface area (TPSA) is 64.8 Å². The third-order valence-electron chi connectivity index (χ3n) is 2.55. The van der Waals surface area contributed by atoms with E-state index in [1.807, 2.05) is 20.8 Å². The Bertz CT molecular complexity index is 314. The average Bonchev–Trinajstić information content (AvgIpc) is 2.58. The third-order valence-corrected chi connectivity index (χ3v) is 2.82. The molecular weight excluding hydrogens is 240 g/mol. The van der Waals surface area contributed by atoms with Crippen molar-refractivity contribution in [1.29, 1.82) is 0 Å². The fourth-order valence-electron chi connectivity index (χ4n) is 1.76. The van der Waals surface area contributed by atoms with Crippen LogP contribution in [0.1, 0.15) is 27.2 Å². The second-order valence-corrected chi connectivity index (χ2v) is 5.62. The van der Waals surface area contributed by atoms with Crippen LogP contribution in [0.2, 0.25) is 0 Å². The van der Waals surface area contributed by atoms with E-state index in [0.717, 1.165) is 0 Å². The molecule has 0 saturated carbocycles. The lowest BCUT2D eigenvalue weighted by Crippen LogP contribution is -2.45. The van der Waals surface area contributed by atoms with Gasteiger partial charge in [0, 0.05) is 13.5 Å². The van der Waals surface area contributed by atoms with Gasteiger partial charge in [-0.05, 0) is 20.8 Å². The minimum absolute atomic E-state index is 0.0333. The molecule has 0 aromatic rings. The van der Waals surface area contributed by atoms with E-state index in [-0.39, 0.29) is 12.1 Å². The molecule has 0 aromatic heterocycles. The summed E-state index contributed by atoms with van der Waals surface area (Å²) >= 11 is 4.97. The zero-order valence-electron chi connectivity index (χ0n) is 10.7. The van der Waals surface area contributed by atoms with Crippen LogP contribution in [0, 0.1) is 0 Å². The van der Waals surface area contributed by atoms with Crippen LogP contribution >= 0.6 is 12.2 Å². The Labute approximate surface area is 107 Å². The standard InChI is InChI=1S/C11H20N2O3S/c1-11(2,3)16-10(14)13-6-7(15-4)5-8(13)9(12)17/h7-8H,5-6H2,1-4H3,(H2,12,17)/t7-,8+/m1/s1. The molecular formula is C11H20N2O3S. The van der Waals surface area contributed by atoms with Gasteiger partial charge in [-0.2, -0.15) is 0 Å². The molecule has 1 fully saturated rings. The normalized spacial score (nSPS) is 24.8. The van der Waals surface area contributed by atoms with Crippen LogP contribution in [0.4, 0.5) is 4.79 Å². The molecule has 0 unspecified atom stereocenters. The van der Waals surface area contributed by atoms with E-state index >= 15 is 0 Å². The maximum absolute atomic E-state index is 12.0. The summed E-state index contributed by atoms with van der Waals surface area (Å²) in [5, 5.41) is 0. The van der Waals surface area contributed by atoms with Crippen LogP contribution in [0.5, 0.6) is 0 Å². The summed E-state index contributed by atoms with van der Waals surface area (Å²) in [6, 6.07) is -0.273. The van der Waals surface area contributed by atoms with Crippen LogP contribution in [-0.2, 0) is 9.47 Å². The molecule has 1 saturated heterocycles. The van der Waals surface area contributed by atoms with Crippen LogP contribution in [0.25, 0.3) is 0 Å². The molecule has 0 radical (unpaired) electrons. The fourth-order valence-corrected chi connectivity index (χ4v) is 1.98. The van der Waals surface area contributed by atoms with Gasteiger partial charge >= 0.3 is 6.09 Å². The van der Waals surface area contributed by atoms with Crippen LogP contribution in [-0.4, -0.2) is 47.4 Å². The zero-order chi connectivity index (χ0) is 13.2. The minimum atomic E-state index is -0.525. The van der Waals surface area contributed by atoms with Crippen molar-refractivity contribution in [3.8, 4) is 0 Å². The minimum Gasteiger partial charge on any atom is -0.444 e. The van der Waals surface area contributed by atoms with E-state index in [2.05, 4.69) is 0 Å². The molecule has 0 aromatic carbocycles. The first-order chi connectivity index (χ1) is 7.74.